The third kappa shape index (κ3) is 4.49. The second-order valence-electron chi connectivity index (χ2n) is 6.56. The first kappa shape index (κ1) is 20.6. The molecule has 0 bridgehead atoms. The minimum absolute atomic E-state index is 0.0285. The van der Waals surface area contributed by atoms with Crippen LogP contribution in [0.2, 0.25) is 0 Å². The Morgan fingerprint density at radius 2 is 1.80 bits per heavy atom. The summed E-state index contributed by atoms with van der Waals surface area (Å²) < 4.78 is 6.80. The van der Waals surface area contributed by atoms with E-state index in [1.165, 1.54) is 16.7 Å². The topological polar surface area (TPSA) is 136 Å². The maximum absolute atomic E-state index is 12.4. The fraction of sp³-hybridized carbons (Fsp3) is 0.200. The van der Waals surface area contributed by atoms with Gasteiger partial charge in [0.2, 0.25) is 0 Å². The predicted molar refractivity (Wildman–Crippen MR) is 113 cm³/mol. The zero-order valence-corrected chi connectivity index (χ0v) is 16.3. The van der Waals surface area contributed by atoms with Crippen molar-refractivity contribution >= 4 is 17.2 Å². The van der Waals surface area contributed by atoms with Crippen molar-refractivity contribution in [3.63, 3.8) is 0 Å². The number of H-pyrrole nitrogens is 1. The third-order valence-corrected chi connectivity index (χ3v) is 4.53. The number of anilines is 2. The second kappa shape index (κ2) is 8.95. The summed E-state index contributed by atoms with van der Waals surface area (Å²) >= 11 is 0. The van der Waals surface area contributed by atoms with E-state index in [1.807, 2.05) is 30.3 Å². The van der Waals surface area contributed by atoms with Crippen molar-refractivity contribution in [2.24, 2.45) is 0 Å². The van der Waals surface area contributed by atoms with Crippen LogP contribution >= 0.6 is 0 Å². The molecule has 2 aromatic carbocycles. The Morgan fingerprint density at radius 3 is 2.50 bits per heavy atom. The van der Waals surface area contributed by atoms with Gasteiger partial charge in [0.25, 0.3) is 5.56 Å². The zero-order chi connectivity index (χ0) is 21.7. The number of para-hydroxylation sites is 2. The van der Waals surface area contributed by atoms with Gasteiger partial charge in [-0.3, -0.25) is 24.5 Å². The van der Waals surface area contributed by atoms with E-state index < -0.39 is 16.2 Å². The van der Waals surface area contributed by atoms with E-state index in [2.05, 4.69) is 4.98 Å². The Hall–Kier alpha value is -4.08. The molecule has 10 nitrogen and oxygen atoms in total. The number of hydrogen-bond donors (Lipinski definition) is 2. The van der Waals surface area contributed by atoms with Crippen LogP contribution in [-0.2, 0) is 6.54 Å². The van der Waals surface area contributed by atoms with Crippen LogP contribution in [-0.4, -0.2) is 34.7 Å². The molecule has 0 saturated carbocycles. The van der Waals surface area contributed by atoms with Gasteiger partial charge in [-0.25, -0.2) is 4.79 Å². The van der Waals surface area contributed by atoms with E-state index in [0.717, 1.165) is 5.56 Å². The smallest absolute Gasteiger partial charge is 0.330 e. The van der Waals surface area contributed by atoms with Gasteiger partial charge in [0.1, 0.15) is 18.1 Å². The van der Waals surface area contributed by atoms with E-state index in [1.54, 1.807) is 24.1 Å². The number of ether oxygens (including phenoxy) is 1. The first-order chi connectivity index (χ1) is 14.4. The molecule has 156 valence electrons. The highest BCUT2D eigenvalue weighted by Crippen LogP contribution is 2.25. The predicted octanol–water partition coefficient (Wildman–Crippen LogP) is 1.59. The molecule has 0 fully saturated rings. The Kier molecular flexibility index (Phi) is 6.16. The van der Waals surface area contributed by atoms with Crippen LogP contribution in [0.1, 0.15) is 5.56 Å². The maximum atomic E-state index is 12.4. The standard InChI is InChI=1S/C20H21N5O5/c1-23(11-12-30-16-10-6-5-9-15(16)25(28)29)17-18(21)24(20(27)22-19(17)26)13-14-7-3-2-4-8-14/h2-10H,11-13,21H2,1H3,(H,22,26,27). The van der Waals surface area contributed by atoms with Crippen LogP contribution in [0.4, 0.5) is 17.2 Å². The summed E-state index contributed by atoms with van der Waals surface area (Å²) in [4.78, 5) is 39.0. The largest absolute Gasteiger partial charge is 0.485 e. The van der Waals surface area contributed by atoms with Gasteiger partial charge >= 0.3 is 11.4 Å². The average molecular weight is 411 g/mol. The molecule has 3 aromatic rings. The lowest BCUT2D eigenvalue weighted by Crippen LogP contribution is -2.38. The molecule has 1 aromatic heterocycles. The Labute approximate surface area is 171 Å². The second-order valence-corrected chi connectivity index (χ2v) is 6.56. The normalized spacial score (nSPS) is 10.6. The molecule has 30 heavy (non-hydrogen) atoms. The molecule has 0 aliphatic carbocycles. The minimum atomic E-state index is -0.616. The van der Waals surface area contributed by atoms with Gasteiger partial charge in [0.05, 0.1) is 18.0 Å². The first-order valence-corrected chi connectivity index (χ1v) is 9.12. The van der Waals surface area contributed by atoms with Crippen molar-refractivity contribution in [3.05, 3.63) is 91.1 Å². The molecule has 0 aliphatic heterocycles. The number of benzene rings is 2. The van der Waals surface area contributed by atoms with Crippen molar-refractivity contribution in [2.75, 3.05) is 30.8 Å². The summed E-state index contributed by atoms with van der Waals surface area (Å²) in [5, 5.41) is 11.1. The van der Waals surface area contributed by atoms with Crippen LogP contribution in [0, 0.1) is 10.1 Å². The van der Waals surface area contributed by atoms with Gasteiger partial charge in [0.15, 0.2) is 5.75 Å². The monoisotopic (exact) mass is 411 g/mol. The average Bonchev–Trinajstić information content (AvgIpc) is 2.72. The number of likely N-dealkylation sites (N-methyl/N-ethyl adjacent to an activating group) is 1. The molecule has 0 spiro atoms. The third-order valence-electron chi connectivity index (χ3n) is 4.53. The molecular formula is C20H21N5O5. The molecule has 0 saturated heterocycles. The molecule has 0 unspecified atom stereocenters. The summed E-state index contributed by atoms with van der Waals surface area (Å²) in [6.45, 7) is 0.483. The van der Waals surface area contributed by atoms with E-state index in [9.17, 15) is 19.7 Å². The molecule has 0 radical (unpaired) electrons. The van der Waals surface area contributed by atoms with Crippen LogP contribution in [0.5, 0.6) is 5.75 Å². The van der Waals surface area contributed by atoms with E-state index >= 15 is 0 Å². The number of nitro benzene ring substituents is 1. The van der Waals surface area contributed by atoms with Gasteiger partial charge in [0, 0.05) is 13.1 Å². The Balaban J connectivity index is 1.78. The number of aromatic nitrogens is 2. The molecule has 0 amide bonds. The fourth-order valence-corrected chi connectivity index (χ4v) is 3.00. The van der Waals surface area contributed by atoms with Crippen LogP contribution in [0.3, 0.4) is 0 Å². The SMILES string of the molecule is CN(CCOc1ccccc1[N+](=O)[O-])c1c(N)n(Cc2ccccc2)c(=O)[nH]c1=O. The van der Waals surface area contributed by atoms with Crippen molar-refractivity contribution in [1.82, 2.24) is 9.55 Å². The molecule has 0 atom stereocenters. The quantitative estimate of drug-likeness (QED) is 0.424. The van der Waals surface area contributed by atoms with Crippen molar-refractivity contribution in [1.29, 1.82) is 0 Å². The first-order valence-electron chi connectivity index (χ1n) is 9.12. The number of nitrogen functional groups attached to an aromatic ring is 1. The zero-order valence-electron chi connectivity index (χ0n) is 16.3. The molecule has 10 heteroatoms. The van der Waals surface area contributed by atoms with Gasteiger partial charge in [-0.1, -0.05) is 42.5 Å². The van der Waals surface area contributed by atoms with E-state index in [4.69, 9.17) is 10.5 Å². The number of nitrogens with one attached hydrogen (secondary N) is 1. The summed E-state index contributed by atoms with van der Waals surface area (Å²) in [6, 6.07) is 15.3. The maximum Gasteiger partial charge on any atom is 0.330 e. The van der Waals surface area contributed by atoms with E-state index in [0.29, 0.717) is 0 Å². The highest BCUT2D eigenvalue weighted by atomic mass is 16.6. The lowest BCUT2D eigenvalue weighted by Gasteiger charge is -2.22. The summed E-state index contributed by atoms with van der Waals surface area (Å²) in [7, 11) is 1.63. The van der Waals surface area contributed by atoms with Gasteiger partial charge in [-0.15, -0.1) is 0 Å². The van der Waals surface area contributed by atoms with Crippen molar-refractivity contribution in [2.45, 2.75) is 6.54 Å². The van der Waals surface area contributed by atoms with E-state index in [-0.39, 0.29) is 42.6 Å². The molecule has 3 rings (SSSR count). The van der Waals surface area contributed by atoms with Crippen LogP contribution in [0.15, 0.2) is 64.2 Å². The summed E-state index contributed by atoms with van der Waals surface area (Å²) in [5.74, 6) is 0.160. The van der Waals surface area contributed by atoms with Gasteiger partial charge in [-0.05, 0) is 11.6 Å². The lowest BCUT2D eigenvalue weighted by molar-refractivity contribution is -0.385. The summed E-state index contributed by atoms with van der Waals surface area (Å²) in [5.41, 5.74) is 5.76. The number of rotatable bonds is 8. The number of nitrogens with zero attached hydrogens (tertiary/aromatic N) is 3. The number of hydrogen-bond acceptors (Lipinski definition) is 7. The molecule has 0 aliphatic rings. The molecule has 3 N–H and O–H groups in total. The Bertz CT molecular complexity index is 1160. The highest BCUT2D eigenvalue weighted by molar-refractivity contribution is 5.62. The molecule has 1 heterocycles. The Morgan fingerprint density at radius 1 is 1.13 bits per heavy atom. The van der Waals surface area contributed by atoms with Crippen molar-refractivity contribution in [3.8, 4) is 5.75 Å². The number of nitrogens with two attached hydrogens (primary N) is 1. The minimum Gasteiger partial charge on any atom is -0.485 e. The summed E-state index contributed by atoms with van der Waals surface area (Å²) in [6.07, 6.45) is 0. The fourth-order valence-electron chi connectivity index (χ4n) is 3.00. The van der Waals surface area contributed by atoms with Crippen LogP contribution < -0.4 is 26.6 Å². The highest BCUT2D eigenvalue weighted by Gasteiger charge is 2.18. The number of nitro groups is 1. The van der Waals surface area contributed by atoms with Gasteiger partial charge < -0.3 is 15.4 Å². The lowest BCUT2D eigenvalue weighted by atomic mass is 10.2. The molecular weight excluding hydrogens is 390 g/mol. The van der Waals surface area contributed by atoms with Gasteiger partial charge in [-0.2, -0.15) is 0 Å². The van der Waals surface area contributed by atoms with Crippen LogP contribution in [0.25, 0.3) is 0 Å². The number of aromatic amines is 1. The van der Waals surface area contributed by atoms with Crippen molar-refractivity contribution < 1.29 is 9.66 Å².